The largest absolute Gasteiger partial charge is 0.340 e. The summed E-state index contributed by atoms with van der Waals surface area (Å²) in [5.74, 6) is 3.83. The molecule has 0 unspecified atom stereocenters. The van der Waals surface area contributed by atoms with E-state index in [-0.39, 0.29) is 0 Å². The highest BCUT2D eigenvalue weighted by atomic mass is 79.9. The molecule has 0 spiro atoms. The van der Waals surface area contributed by atoms with Crippen molar-refractivity contribution < 1.29 is 0 Å². The third-order valence-electron chi connectivity index (χ3n) is 4.05. The first kappa shape index (κ1) is 20.1. The summed E-state index contributed by atoms with van der Waals surface area (Å²) < 4.78 is 0.904. The minimum atomic E-state index is 0.511. The van der Waals surface area contributed by atoms with E-state index in [1.807, 2.05) is 36.4 Å². The molecule has 1 aromatic heterocycles. The summed E-state index contributed by atoms with van der Waals surface area (Å²) >= 11 is 6.81. The molecule has 0 aliphatic heterocycles. The highest BCUT2D eigenvalue weighted by Crippen LogP contribution is 2.28. The second-order valence-corrected chi connectivity index (χ2v) is 8.97. The summed E-state index contributed by atoms with van der Waals surface area (Å²) in [6.45, 7) is 4.14. The maximum atomic E-state index is 5.39. The summed E-state index contributed by atoms with van der Waals surface area (Å²) in [7, 11) is 0. The predicted molar refractivity (Wildman–Crippen MR) is 125 cm³/mol. The molecule has 0 aliphatic carbocycles. The molecule has 4 nitrogen and oxygen atoms in total. The van der Waals surface area contributed by atoms with Crippen molar-refractivity contribution in [2.75, 3.05) is 10.6 Å². The number of rotatable bonds is 5. The molecule has 140 valence electrons. The van der Waals surface area contributed by atoms with E-state index in [4.69, 9.17) is 6.42 Å². The Hall–Kier alpha value is -2.62. The molecule has 0 bridgehead atoms. The third kappa shape index (κ3) is 5.22. The number of anilines is 4. The van der Waals surface area contributed by atoms with Gasteiger partial charge in [-0.1, -0.05) is 5.92 Å². The summed E-state index contributed by atoms with van der Waals surface area (Å²) in [5.41, 5.74) is 6.12. The first-order chi connectivity index (χ1) is 13.4. The van der Waals surface area contributed by atoms with Gasteiger partial charge in [-0.25, -0.2) is 4.98 Å². The second-order valence-electron chi connectivity index (χ2n) is 6.20. The summed E-state index contributed by atoms with van der Waals surface area (Å²) in [6, 6.07) is 13.6. The van der Waals surface area contributed by atoms with E-state index in [1.54, 1.807) is 6.20 Å². The topological polar surface area (TPSA) is 49.8 Å². The Morgan fingerprint density at radius 3 is 2.32 bits per heavy atom. The number of terminal acetylenes is 1. The maximum absolute atomic E-state index is 5.39. The molecule has 3 rings (SSSR count). The van der Waals surface area contributed by atoms with Crippen LogP contribution >= 0.6 is 31.9 Å². The van der Waals surface area contributed by atoms with Crippen molar-refractivity contribution in [3.63, 3.8) is 0 Å². The van der Waals surface area contributed by atoms with Crippen LogP contribution in [0.3, 0.4) is 0 Å². The normalized spacial score (nSPS) is 10.1. The van der Waals surface area contributed by atoms with Crippen LogP contribution < -0.4 is 10.6 Å². The Balaban J connectivity index is 1.81. The average Bonchev–Trinajstić information content (AvgIpc) is 2.65. The van der Waals surface area contributed by atoms with Gasteiger partial charge >= 0.3 is 0 Å². The van der Waals surface area contributed by atoms with Crippen LogP contribution in [0.1, 0.15) is 22.3 Å². The standard InChI is InChI=1S/C22H18Br2N4/c1-4-16-5-7-18(8-6-16)26-22-25-10-9-20(28-22)27-21-14(2)11-17(12-15(21)3)13-19(23)24/h1,5-13H,2-3H3,(H2,25,26,27,28). The lowest BCUT2D eigenvalue weighted by Crippen LogP contribution is -2.02. The Bertz CT molecular complexity index is 1040. The van der Waals surface area contributed by atoms with Gasteiger partial charge in [-0.05, 0) is 111 Å². The van der Waals surface area contributed by atoms with E-state index in [0.717, 1.165) is 37.0 Å². The quantitative estimate of drug-likeness (QED) is 0.387. The fourth-order valence-corrected chi connectivity index (χ4v) is 3.33. The molecule has 1 heterocycles. The van der Waals surface area contributed by atoms with Crippen LogP contribution in [0.25, 0.3) is 6.08 Å². The van der Waals surface area contributed by atoms with Crippen molar-refractivity contribution in [3.8, 4) is 12.3 Å². The molecule has 0 amide bonds. The molecule has 0 saturated carbocycles. The minimum absolute atomic E-state index is 0.511. The lowest BCUT2D eigenvalue weighted by molar-refractivity contribution is 1.16. The van der Waals surface area contributed by atoms with Crippen LogP contribution in [0.2, 0.25) is 0 Å². The number of hydrogen-bond acceptors (Lipinski definition) is 4. The zero-order valence-electron chi connectivity index (χ0n) is 15.4. The lowest BCUT2D eigenvalue weighted by Gasteiger charge is -2.14. The first-order valence-electron chi connectivity index (χ1n) is 8.52. The molecule has 6 heteroatoms. The number of hydrogen-bond donors (Lipinski definition) is 2. The predicted octanol–water partition coefficient (Wildman–Crippen LogP) is 6.65. The molecule has 28 heavy (non-hydrogen) atoms. The van der Waals surface area contributed by atoms with Gasteiger partial charge in [0, 0.05) is 23.1 Å². The molecular formula is C22H18Br2N4. The summed E-state index contributed by atoms with van der Waals surface area (Å²) in [6.07, 6.45) is 9.13. The number of benzene rings is 2. The molecule has 3 aromatic rings. The van der Waals surface area contributed by atoms with Crippen LogP contribution in [0.15, 0.2) is 52.1 Å². The maximum Gasteiger partial charge on any atom is 0.229 e. The van der Waals surface area contributed by atoms with Gasteiger partial charge in [0.05, 0.1) is 3.39 Å². The molecule has 0 fully saturated rings. The highest BCUT2D eigenvalue weighted by Gasteiger charge is 2.07. The van der Waals surface area contributed by atoms with E-state index in [0.29, 0.717) is 11.8 Å². The number of aromatic nitrogens is 2. The zero-order valence-corrected chi connectivity index (χ0v) is 18.6. The number of halogens is 2. The molecule has 2 N–H and O–H groups in total. The van der Waals surface area contributed by atoms with Gasteiger partial charge < -0.3 is 10.6 Å². The van der Waals surface area contributed by atoms with Crippen molar-refractivity contribution in [3.05, 3.63) is 74.3 Å². The fourth-order valence-electron chi connectivity index (χ4n) is 2.80. The average molecular weight is 498 g/mol. The van der Waals surface area contributed by atoms with Crippen LogP contribution in [0.4, 0.5) is 23.1 Å². The molecular weight excluding hydrogens is 480 g/mol. The van der Waals surface area contributed by atoms with Crippen molar-refractivity contribution in [1.29, 1.82) is 0 Å². The van der Waals surface area contributed by atoms with Crippen LogP contribution in [-0.4, -0.2) is 9.97 Å². The Morgan fingerprint density at radius 2 is 1.71 bits per heavy atom. The fraction of sp³-hybridized carbons (Fsp3) is 0.0909. The Morgan fingerprint density at radius 1 is 1.04 bits per heavy atom. The minimum Gasteiger partial charge on any atom is -0.340 e. The number of nitrogens with one attached hydrogen (secondary N) is 2. The van der Waals surface area contributed by atoms with Gasteiger partial charge in [0.15, 0.2) is 0 Å². The zero-order chi connectivity index (χ0) is 20.1. The van der Waals surface area contributed by atoms with E-state index < -0.39 is 0 Å². The first-order valence-corrected chi connectivity index (χ1v) is 10.1. The van der Waals surface area contributed by atoms with Crippen molar-refractivity contribution in [2.45, 2.75) is 13.8 Å². The van der Waals surface area contributed by atoms with Crippen molar-refractivity contribution >= 4 is 61.1 Å². The molecule has 2 aromatic carbocycles. The van der Waals surface area contributed by atoms with Gasteiger partial charge in [0.2, 0.25) is 5.95 Å². The molecule has 0 aliphatic rings. The SMILES string of the molecule is C#Cc1ccc(Nc2nccc(Nc3c(C)cc(C=C(Br)Br)cc3C)n2)cc1. The van der Waals surface area contributed by atoms with E-state index >= 15 is 0 Å². The van der Waals surface area contributed by atoms with E-state index in [2.05, 4.69) is 84.4 Å². The van der Waals surface area contributed by atoms with Gasteiger partial charge in [-0.2, -0.15) is 4.98 Å². The Labute approximate surface area is 181 Å². The molecule has 0 saturated heterocycles. The molecule has 0 atom stereocenters. The third-order valence-corrected chi connectivity index (χ3v) is 4.50. The smallest absolute Gasteiger partial charge is 0.229 e. The Kier molecular flexibility index (Phi) is 6.50. The van der Waals surface area contributed by atoms with Gasteiger partial charge in [0.25, 0.3) is 0 Å². The van der Waals surface area contributed by atoms with Gasteiger partial charge in [-0.15, -0.1) is 6.42 Å². The van der Waals surface area contributed by atoms with E-state index in [9.17, 15) is 0 Å². The van der Waals surface area contributed by atoms with Gasteiger partial charge in [-0.3, -0.25) is 0 Å². The highest BCUT2D eigenvalue weighted by molar-refractivity contribution is 9.28. The van der Waals surface area contributed by atoms with E-state index in [1.165, 1.54) is 0 Å². The monoisotopic (exact) mass is 496 g/mol. The number of aryl methyl sites for hydroxylation is 2. The van der Waals surface area contributed by atoms with Gasteiger partial charge in [0.1, 0.15) is 5.82 Å². The number of nitrogens with zero attached hydrogens (tertiary/aromatic N) is 2. The summed E-state index contributed by atoms with van der Waals surface area (Å²) in [4.78, 5) is 8.85. The van der Waals surface area contributed by atoms with Crippen LogP contribution in [-0.2, 0) is 0 Å². The second kappa shape index (κ2) is 9.05. The summed E-state index contributed by atoms with van der Waals surface area (Å²) in [5, 5.41) is 6.60. The van der Waals surface area contributed by atoms with Crippen molar-refractivity contribution in [1.82, 2.24) is 9.97 Å². The molecule has 0 radical (unpaired) electrons. The lowest BCUT2D eigenvalue weighted by atomic mass is 10.0. The van der Waals surface area contributed by atoms with Crippen molar-refractivity contribution in [2.24, 2.45) is 0 Å². The van der Waals surface area contributed by atoms with Crippen LogP contribution in [0.5, 0.6) is 0 Å². The van der Waals surface area contributed by atoms with Crippen LogP contribution in [0, 0.1) is 26.2 Å².